The van der Waals surface area contributed by atoms with Crippen molar-refractivity contribution in [2.24, 2.45) is 5.92 Å². The molecular weight excluding hydrogens is 306 g/mol. The van der Waals surface area contributed by atoms with Crippen molar-refractivity contribution in [3.05, 3.63) is 36.9 Å². The predicted molar refractivity (Wildman–Crippen MR) is 90.9 cm³/mol. The fourth-order valence-electron chi connectivity index (χ4n) is 2.38. The molecule has 0 aliphatic carbocycles. The number of ether oxygens (including phenoxy) is 1. The number of fused-ring (bicyclic) bond motifs is 1. The lowest BCUT2D eigenvalue weighted by atomic mass is 10.1. The zero-order valence-corrected chi connectivity index (χ0v) is 13.9. The molecular formula is C17H19N5O2. The van der Waals surface area contributed by atoms with Crippen molar-refractivity contribution in [1.82, 2.24) is 24.8 Å². The first-order chi connectivity index (χ1) is 11.6. The monoisotopic (exact) mass is 325 g/mol. The molecule has 0 bridgehead atoms. The number of nitrogens with one attached hydrogen (secondary N) is 1. The summed E-state index contributed by atoms with van der Waals surface area (Å²) in [5.74, 6) is 0.353. The molecule has 0 aliphatic heterocycles. The first kappa shape index (κ1) is 15.9. The van der Waals surface area contributed by atoms with Gasteiger partial charge < -0.3 is 10.1 Å². The van der Waals surface area contributed by atoms with Crippen molar-refractivity contribution >= 4 is 17.1 Å². The van der Waals surface area contributed by atoms with Gasteiger partial charge in [-0.05, 0) is 23.6 Å². The minimum Gasteiger partial charge on any atom is -0.468 e. The van der Waals surface area contributed by atoms with Crippen molar-refractivity contribution in [1.29, 1.82) is 0 Å². The van der Waals surface area contributed by atoms with Crippen LogP contribution in [0.5, 0.6) is 6.01 Å². The summed E-state index contributed by atoms with van der Waals surface area (Å²) in [6.07, 6.45) is 4.94. The Morgan fingerprint density at radius 1 is 1.25 bits per heavy atom. The number of imidazole rings is 1. The minimum atomic E-state index is -0.260. The molecule has 24 heavy (non-hydrogen) atoms. The van der Waals surface area contributed by atoms with Crippen LogP contribution in [-0.2, 0) is 0 Å². The number of methoxy groups -OCH3 is 1. The van der Waals surface area contributed by atoms with Gasteiger partial charge in [-0.25, -0.2) is 19.3 Å². The summed E-state index contributed by atoms with van der Waals surface area (Å²) >= 11 is 0. The molecule has 1 amide bonds. The second kappa shape index (κ2) is 6.66. The third-order valence-electron chi connectivity index (χ3n) is 3.56. The summed E-state index contributed by atoms with van der Waals surface area (Å²) in [5.41, 5.74) is 3.14. The molecule has 0 spiro atoms. The Morgan fingerprint density at radius 3 is 2.67 bits per heavy atom. The Kier molecular flexibility index (Phi) is 4.41. The Hall–Kier alpha value is -2.96. The number of amides is 1. The van der Waals surface area contributed by atoms with Crippen molar-refractivity contribution in [3.63, 3.8) is 0 Å². The highest BCUT2D eigenvalue weighted by Crippen LogP contribution is 2.26. The van der Waals surface area contributed by atoms with Gasteiger partial charge in [0.15, 0.2) is 0 Å². The largest absolute Gasteiger partial charge is 0.468 e. The van der Waals surface area contributed by atoms with Gasteiger partial charge in [-0.1, -0.05) is 19.9 Å². The lowest BCUT2D eigenvalue weighted by Gasteiger charge is -2.10. The van der Waals surface area contributed by atoms with Crippen LogP contribution in [0.15, 0.2) is 36.9 Å². The molecule has 0 radical (unpaired) electrons. The van der Waals surface area contributed by atoms with E-state index in [-0.39, 0.29) is 12.0 Å². The average Bonchev–Trinajstić information content (AvgIpc) is 2.98. The topological polar surface area (TPSA) is 81.9 Å². The molecule has 124 valence electrons. The zero-order chi connectivity index (χ0) is 17.1. The third kappa shape index (κ3) is 3.05. The summed E-state index contributed by atoms with van der Waals surface area (Å²) in [6.45, 7) is 4.65. The summed E-state index contributed by atoms with van der Waals surface area (Å²) in [5, 5.41) is 2.89. The Labute approximate surface area is 139 Å². The Bertz CT molecular complexity index is 858. The SMILES string of the molecule is COc1nc2ccc(-c3cncnc3)cc2n1C(=O)NCC(C)C. The molecule has 3 rings (SSSR count). The highest BCUT2D eigenvalue weighted by molar-refractivity contribution is 5.93. The molecule has 0 unspecified atom stereocenters. The molecule has 3 aromatic rings. The van der Waals surface area contributed by atoms with E-state index >= 15 is 0 Å². The number of hydrogen-bond donors (Lipinski definition) is 1. The smallest absolute Gasteiger partial charge is 0.330 e. The number of nitrogens with zero attached hydrogens (tertiary/aromatic N) is 4. The summed E-state index contributed by atoms with van der Waals surface area (Å²) in [4.78, 5) is 25.0. The normalized spacial score (nSPS) is 11.0. The maximum atomic E-state index is 12.6. The number of carbonyl (C=O) groups is 1. The number of carbonyl (C=O) groups excluding carboxylic acids is 1. The van der Waals surface area contributed by atoms with Gasteiger partial charge in [-0.15, -0.1) is 0 Å². The van der Waals surface area contributed by atoms with Crippen LogP contribution in [0.1, 0.15) is 13.8 Å². The second-order valence-corrected chi connectivity index (χ2v) is 5.84. The van der Waals surface area contributed by atoms with Crippen LogP contribution in [0.25, 0.3) is 22.2 Å². The van der Waals surface area contributed by atoms with Gasteiger partial charge in [0.2, 0.25) is 0 Å². The van der Waals surface area contributed by atoms with E-state index in [1.54, 1.807) is 12.4 Å². The van der Waals surface area contributed by atoms with Gasteiger partial charge in [0.05, 0.1) is 18.1 Å². The van der Waals surface area contributed by atoms with Crippen LogP contribution in [0.4, 0.5) is 4.79 Å². The minimum absolute atomic E-state index is 0.257. The third-order valence-corrected chi connectivity index (χ3v) is 3.56. The van der Waals surface area contributed by atoms with Gasteiger partial charge >= 0.3 is 12.0 Å². The Morgan fingerprint density at radius 2 is 2.00 bits per heavy atom. The van der Waals surface area contributed by atoms with Crippen LogP contribution in [0.3, 0.4) is 0 Å². The number of hydrogen-bond acceptors (Lipinski definition) is 5. The van der Waals surface area contributed by atoms with Crippen LogP contribution in [0.2, 0.25) is 0 Å². The van der Waals surface area contributed by atoms with Crippen LogP contribution < -0.4 is 10.1 Å². The predicted octanol–water partition coefficient (Wildman–Crippen LogP) is 2.72. The molecule has 1 N–H and O–H groups in total. The second-order valence-electron chi connectivity index (χ2n) is 5.84. The fraction of sp³-hybridized carbons (Fsp3) is 0.294. The van der Waals surface area contributed by atoms with Gasteiger partial charge in [-0.3, -0.25) is 0 Å². The van der Waals surface area contributed by atoms with E-state index in [0.29, 0.717) is 23.5 Å². The van der Waals surface area contributed by atoms with Gasteiger partial charge in [-0.2, -0.15) is 4.98 Å². The molecule has 2 heterocycles. The molecule has 0 saturated heterocycles. The van der Waals surface area contributed by atoms with E-state index < -0.39 is 0 Å². The molecule has 0 fully saturated rings. The first-order valence-electron chi connectivity index (χ1n) is 7.70. The zero-order valence-electron chi connectivity index (χ0n) is 13.9. The van der Waals surface area contributed by atoms with Crippen molar-refractivity contribution < 1.29 is 9.53 Å². The number of rotatable bonds is 4. The number of aromatic nitrogens is 4. The fourth-order valence-corrected chi connectivity index (χ4v) is 2.38. The summed E-state index contributed by atoms with van der Waals surface area (Å²) in [7, 11) is 1.50. The summed E-state index contributed by atoms with van der Waals surface area (Å²) in [6, 6.07) is 5.66. The molecule has 0 atom stereocenters. The van der Waals surface area contributed by atoms with E-state index in [0.717, 1.165) is 11.1 Å². The van der Waals surface area contributed by atoms with Crippen LogP contribution in [-0.4, -0.2) is 39.2 Å². The van der Waals surface area contributed by atoms with Crippen LogP contribution in [0, 0.1) is 5.92 Å². The highest BCUT2D eigenvalue weighted by Gasteiger charge is 2.18. The van der Waals surface area contributed by atoms with E-state index in [9.17, 15) is 4.79 Å². The molecule has 7 heteroatoms. The van der Waals surface area contributed by atoms with Gasteiger partial charge in [0.25, 0.3) is 0 Å². The molecule has 0 saturated carbocycles. The van der Waals surface area contributed by atoms with Crippen molar-refractivity contribution in [3.8, 4) is 17.1 Å². The molecule has 1 aromatic carbocycles. The first-order valence-corrected chi connectivity index (χ1v) is 7.70. The van der Waals surface area contributed by atoms with E-state index in [4.69, 9.17) is 4.74 Å². The molecule has 0 aliphatic rings. The standard InChI is InChI=1S/C17H19N5O2/c1-11(2)7-20-16(23)22-15-6-12(13-8-18-10-19-9-13)4-5-14(15)21-17(22)24-3/h4-6,8-11H,7H2,1-3H3,(H,20,23). The lowest BCUT2D eigenvalue weighted by Crippen LogP contribution is -2.31. The van der Waals surface area contributed by atoms with Crippen molar-refractivity contribution in [2.75, 3.05) is 13.7 Å². The van der Waals surface area contributed by atoms with Gasteiger partial charge in [0, 0.05) is 24.5 Å². The maximum absolute atomic E-state index is 12.6. The van der Waals surface area contributed by atoms with E-state index in [1.165, 1.54) is 18.0 Å². The van der Waals surface area contributed by atoms with E-state index in [2.05, 4.69) is 20.3 Å². The molecule has 2 aromatic heterocycles. The molecule has 7 nitrogen and oxygen atoms in total. The lowest BCUT2D eigenvalue weighted by molar-refractivity contribution is 0.237. The van der Waals surface area contributed by atoms with Gasteiger partial charge in [0.1, 0.15) is 6.33 Å². The quantitative estimate of drug-likeness (QED) is 0.797. The Balaban J connectivity index is 2.07. The highest BCUT2D eigenvalue weighted by atomic mass is 16.5. The number of benzene rings is 1. The van der Waals surface area contributed by atoms with Crippen LogP contribution >= 0.6 is 0 Å². The average molecular weight is 325 g/mol. The van der Waals surface area contributed by atoms with Crippen molar-refractivity contribution in [2.45, 2.75) is 13.8 Å². The maximum Gasteiger partial charge on any atom is 0.330 e. The summed E-state index contributed by atoms with van der Waals surface area (Å²) < 4.78 is 6.72. The van der Waals surface area contributed by atoms with E-state index in [1.807, 2.05) is 32.0 Å².